The Morgan fingerprint density at radius 2 is 2.05 bits per heavy atom. The molecule has 1 amide bonds. The molecule has 0 bridgehead atoms. The Morgan fingerprint density at radius 1 is 1.40 bits per heavy atom. The van der Waals surface area contributed by atoms with Crippen molar-refractivity contribution in [1.29, 1.82) is 0 Å². The highest BCUT2D eigenvalue weighted by molar-refractivity contribution is 9.10. The molecule has 1 atom stereocenters. The third-order valence-corrected chi connectivity index (χ3v) is 3.33. The van der Waals surface area contributed by atoms with E-state index in [4.69, 9.17) is 5.11 Å². The van der Waals surface area contributed by atoms with E-state index in [2.05, 4.69) is 21.2 Å². The van der Waals surface area contributed by atoms with Gasteiger partial charge in [-0.3, -0.25) is 4.79 Å². The number of nitrogens with one attached hydrogen (secondary N) is 1. The van der Waals surface area contributed by atoms with Crippen LogP contribution in [0.25, 0.3) is 0 Å². The highest BCUT2D eigenvalue weighted by Gasteiger charge is 2.21. The van der Waals surface area contributed by atoms with Crippen LogP contribution in [-0.4, -0.2) is 23.0 Å². The molecule has 6 heteroatoms. The number of carboxylic acids is 1. The number of halogens is 2. The number of carboxylic acid groups (broad SMARTS) is 1. The molecule has 0 aliphatic heterocycles. The lowest BCUT2D eigenvalue weighted by atomic mass is 10.0. The summed E-state index contributed by atoms with van der Waals surface area (Å²) < 4.78 is 13.6. The predicted molar refractivity (Wildman–Crippen MR) is 76.8 cm³/mol. The molecule has 0 saturated carbocycles. The smallest absolute Gasteiger partial charge is 0.326 e. The van der Waals surface area contributed by atoms with Gasteiger partial charge >= 0.3 is 5.97 Å². The monoisotopic (exact) mass is 345 g/mol. The number of carbonyl (C=O) groups is 2. The van der Waals surface area contributed by atoms with Crippen LogP contribution in [-0.2, 0) is 16.0 Å². The van der Waals surface area contributed by atoms with Gasteiger partial charge in [-0.05, 0) is 46.0 Å². The average molecular weight is 346 g/mol. The summed E-state index contributed by atoms with van der Waals surface area (Å²) >= 11 is 3.03. The number of carbonyl (C=O) groups excluding carboxylic acids is 1. The Balaban J connectivity index is 2.65. The van der Waals surface area contributed by atoms with E-state index in [0.29, 0.717) is 16.5 Å². The Hall–Kier alpha value is -1.43. The predicted octanol–water partition coefficient (Wildman–Crippen LogP) is 2.75. The van der Waals surface area contributed by atoms with Gasteiger partial charge in [-0.15, -0.1) is 0 Å². The zero-order valence-electron chi connectivity index (χ0n) is 11.3. The van der Waals surface area contributed by atoms with Crippen LogP contribution in [0.5, 0.6) is 0 Å². The lowest BCUT2D eigenvalue weighted by Gasteiger charge is -2.16. The number of benzene rings is 1. The second-order valence-corrected chi connectivity index (χ2v) is 5.87. The van der Waals surface area contributed by atoms with Crippen LogP contribution in [0.15, 0.2) is 22.7 Å². The fourth-order valence-electron chi connectivity index (χ4n) is 1.77. The molecule has 0 aromatic heterocycles. The number of hydrogen-bond donors (Lipinski definition) is 2. The zero-order valence-corrected chi connectivity index (χ0v) is 12.9. The molecule has 0 unspecified atom stereocenters. The highest BCUT2D eigenvalue weighted by Crippen LogP contribution is 2.16. The second kappa shape index (κ2) is 7.38. The van der Waals surface area contributed by atoms with Gasteiger partial charge < -0.3 is 10.4 Å². The Kier molecular flexibility index (Phi) is 6.13. The van der Waals surface area contributed by atoms with Crippen molar-refractivity contribution in [1.82, 2.24) is 5.32 Å². The lowest BCUT2D eigenvalue weighted by molar-refractivity contribution is -0.142. The molecular formula is C14H17BrFNO3. The van der Waals surface area contributed by atoms with Gasteiger partial charge in [0.25, 0.3) is 0 Å². The number of rotatable bonds is 6. The van der Waals surface area contributed by atoms with Crippen molar-refractivity contribution >= 4 is 27.8 Å². The third-order valence-electron chi connectivity index (χ3n) is 2.69. The van der Waals surface area contributed by atoms with Gasteiger partial charge in [0.2, 0.25) is 5.91 Å². The number of hydrogen-bond acceptors (Lipinski definition) is 2. The maximum Gasteiger partial charge on any atom is 0.326 e. The van der Waals surface area contributed by atoms with E-state index in [9.17, 15) is 14.0 Å². The maximum absolute atomic E-state index is 13.3. The molecule has 0 radical (unpaired) electrons. The van der Waals surface area contributed by atoms with Crippen molar-refractivity contribution in [2.24, 2.45) is 5.92 Å². The van der Waals surface area contributed by atoms with Crippen molar-refractivity contribution < 1.29 is 19.1 Å². The van der Waals surface area contributed by atoms with Gasteiger partial charge in [0.05, 0.1) is 10.9 Å². The molecule has 1 rings (SSSR count). The van der Waals surface area contributed by atoms with E-state index in [1.54, 1.807) is 6.07 Å². The third kappa shape index (κ3) is 5.28. The molecular weight excluding hydrogens is 329 g/mol. The molecule has 110 valence electrons. The topological polar surface area (TPSA) is 66.4 Å². The summed E-state index contributed by atoms with van der Waals surface area (Å²) in [5, 5.41) is 11.5. The highest BCUT2D eigenvalue weighted by atomic mass is 79.9. The van der Waals surface area contributed by atoms with Crippen LogP contribution in [0.2, 0.25) is 0 Å². The van der Waals surface area contributed by atoms with E-state index < -0.39 is 23.7 Å². The first kappa shape index (κ1) is 16.6. The van der Waals surface area contributed by atoms with Crippen molar-refractivity contribution in [3.05, 3.63) is 34.1 Å². The van der Waals surface area contributed by atoms with Crippen LogP contribution in [0.1, 0.15) is 25.8 Å². The van der Waals surface area contributed by atoms with Crippen molar-refractivity contribution in [3.8, 4) is 0 Å². The van der Waals surface area contributed by atoms with Crippen molar-refractivity contribution in [3.63, 3.8) is 0 Å². The second-order valence-electron chi connectivity index (χ2n) is 5.01. The summed E-state index contributed by atoms with van der Waals surface area (Å²) in [6.07, 6.45) is 0.307. The summed E-state index contributed by atoms with van der Waals surface area (Å²) in [6.45, 7) is 3.76. The van der Waals surface area contributed by atoms with Gasteiger partial charge in [0.15, 0.2) is 0 Å². The van der Waals surface area contributed by atoms with Gasteiger partial charge in [0, 0.05) is 0 Å². The Morgan fingerprint density at radius 3 is 2.55 bits per heavy atom. The van der Waals surface area contributed by atoms with Gasteiger partial charge in [-0.1, -0.05) is 19.9 Å². The van der Waals surface area contributed by atoms with E-state index in [-0.39, 0.29) is 12.3 Å². The average Bonchev–Trinajstić information content (AvgIpc) is 2.32. The Bertz CT molecular complexity index is 505. The molecule has 0 heterocycles. The zero-order chi connectivity index (χ0) is 15.3. The molecule has 0 spiro atoms. The van der Waals surface area contributed by atoms with Crippen molar-refractivity contribution in [2.75, 3.05) is 0 Å². The summed E-state index contributed by atoms with van der Waals surface area (Å²) in [5.41, 5.74) is 0.497. The minimum Gasteiger partial charge on any atom is -0.480 e. The fourth-order valence-corrected chi connectivity index (χ4v) is 2.02. The quantitative estimate of drug-likeness (QED) is 0.832. The summed E-state index contributed by atoms with van der Waals surface area (Å²) in [6, 6.07) is 3.47. The first-order chi connectivity index (χ1) is 9.29. The largest absolute Gasteiger partial charge is 0.480 e. The van der Waals surface area contributed by atoms with Crippen LogP contribution < -0.4 is 5.32 Å². The lowest BCUT2D eigenvalue weighted by Crippen LogP contribution is -2.42. The molecule has 20 heavy (non-hydrogen) atoms. The van der Waals surface area contributed by atoms with E-state index in [1.165, 1.54) is 12.1 Å². The number of amides is 1. The summed E-state index contributed by atoms with van der Waals surface area (Å²) in [4.78, 5) is 22.8. The maximum atomic E-state index is 13.3. The molecule has 0 aliphatic rings. The van der Waals surface area contributed by atoms with E-state index in [1.807, 2.05) is 13.8 Å². The van der Waals surface area contributed by atoms with Crippen molar-refractivity contribution in [2.45, 2.75) is 32.7 Å². The first-order valence-corrected chi connectivity index (χ1v) is 7.05. The van der Waals surface area contributed by atoms with Gasteiger partial charge in [-0.2, -0.15) is 0 Å². The standard InChI is InChI=1S/C14H17BrFNO3/c1-8(2)5-12(14(19)20)17-13(18)7-9-3-4-10(15)11(16)6-9/h3-4,6,8,12H,5,7H2,1-2H3,(H,17,18)(H,19,20)/t12-/m1/s1. The van der Waals surface area contributed by atoms with E-state index in [0.717, 1.165) is 0 Å². The molecule has 2 N–H and O–H groups in total. The molecule has 1 aromatic rings. The summed E-state index contributed by atoms with van der Waals surface area (Å²) in [5.74, 6) is -1.79. The normalized spacial score (nSPS) is 12.2. The molecule has 0 aliphatic carbocycles. The molecule has 4 nitrogen and oxygen atoms in total. The molecule has 1 aromatic carbocycles. The van der Waals surface area contributed by atoms with E-state index >= 15 is 0 Å². The van der Waals surface area contributed by atoms with Gasteiger partial charge in [0.1, 0.15) is 11.9 Å². The minimum atomic E-state index is -1.06. The van der Waals surface area contributed by atoms with Crippen LogP contribution in [0.3, 0.4) is 0 Å². The minimum absolute atomic E-state index is 0.0495. The SMILES string of the molecule is CC(C)C[C@@H](NC(=O)Cc1ccc(Br)c(F)c1)C(=O)O. The van der Waals surface area contributed by atoms with Crippen LogP contribution in [0, 0.1) is 11.7 Å². The molecule has 0 saturated heterocycles. The summed E-state index contributed by atoms with van der Waals surface area (Å²) in [7, 11) is 0. The van der Waals surface area contributed by atoms with Gasteiger partial charge in [-0.25, -0.2) is 9.18 Å². The Labute approximate surface area is 125 Å². The number of aliphatic carboxylic acids is 1. The van der Waals surface area contributed by atoms with Crippen LogP contribution >= 0.6 is 15.9 Å². The molecule has 0 fully saturated rings. The van der Waals surface area contributed by atoms with Crippen LogP contribution in [0.4, 0.5) is 4.39 Å². The fraction of sp³-hybridized carbons (Fsp3) is 0.429. The first-order valence-electron chi connectivity index (χ1n) is 6.25.